The van der Waals surface area contributed by atoms with Crippen molar-refractivity contribution in [3.63, 3.8) is 0 Å². The van der Waals surface area contributed by atoms with Gasteiger partial charge >= 0.3 is 0 Å². The molecule has 2 aliphatic heterocycles. The van der Waals surface area contributed by atoms with E-state index in [0.29, 0.717) is 17.5 Å². The summed E-state index contributed by atoms with van der Waals surface area (Å²) in [7, 11) is 0. The van der Waals surface area contributed by atoms with Crippen molar-refractivity contribution in [3.05, 3.63) is 40.9 Å². The first-order valence-electron chi connectivity index (χ1n) is 9.61. The van der Waals surface area contributed by atoms with E-state index in [1.807, 2.05) is 25.3 Å². The van der Waals surface area contributed by atoms with Gasteiger partial charge in [-0.05, 0) is 69.1 Å². The predicted octanol–water partition coefficient (Wildman–Crippen LogP) is 3.79. The minimum Gasteiger partial charge on any atom is -0.455 e. The Kier molecular flexibility index (Phi) is 6.95. The number of likely N-dealkylation sites (tertiary alicyclic amines) is 1. The summed E-state index contributed by atoms with van der Waals surface area (Å²) in [6.45, 7) is 6.89. The van der Waals surface area contributed by atoms with Gasteiger partial charge in [-0.15, -0.1) is 24.8 Å². The Balaban J connectivity index is 0.00000120. The number of fused-ring (bicyclic) bond motifs is 1. The molecule has 7 nitrogen and oxygen atoms in total. The second-order valence-electron chi connectivity index (χ2n) is 7.32. The van der Waals surface area contributed by atoms with Crippen LogP contribution in [0.5, 0.6) is 0 Å². The van der Waals surface area contributed by atoms with Gasteiger partial charge in [0.25, 0.3) is 5.89 Å². The average molecular weight is 438 g/mol. The molecule has 0 aliphatic carbocycles. The standard InChI is InChI=1S/C20H23N5O2.2ClH/c1-13-18(16-6-7-21-10-14(16)11-22-13)19-23-20(27-24-19)17-5-4-15(26-17)12-25-8-2-3-9-25;;/h4-5,11,21H,2-3,6-10,12H2,1H3;2*1H. The molecule has 5 heterocycles. The van der Waals surface area contributed by atoms with E-state index in [9.17, 15) is 0 Å². The molecular weight excluding hydrogens is 413 g/mol. The molecule has 5 rings (SSSR count). The Hall–Kier alpha value is -1.93. The highest BCUT2D eigenvalue weighted by molar-refractivity contribution is 5.85. The van der Waals surface area contributed by atoms with Gasteiger partial charge < -0.3 is 14.3 Å². The summed E-state index contributed by atoms with van der Waals surface area (Å²) in [5.41, 5.74) is 4.40. The third kappa shape index (κ3) is 4.33. The Morgan fingerprint density at radius 3 is 2.83 bits per heavy atom. The lowest BCUT2D eigenvalue weighted by molar-refractivity contribution is 0.297. The van der Waals surface area contributed by atoms with E-state index >= 15 is 0 Å². The zero-order valence-electron chi connectivity index (χ0n) is 16.3. The quantitative estimate of drug-likeness (QED) is 0.664. The lowest BCUT2D eigenvalue weighted by atomic mass is 9.95. The van der Waals surface area contributed by atoms with Crippen LogP contribution in [0.1, 0.15) is 35.4 Å². The molecule has 0 atom stereocenters. The minimum atomic E-state index is 0. The van der Waals surface area contributed by atoms with Gasteiger partial charge in [-0.3, -0.25) is 9.88 Å². The van der Waals surface area contributed by atoms with Crippen LogP contribution in [0.4, 0.5) is 0 Å². The molecule has 1 saturated heterocycles. The highest BCUT2D eigenvalue weighted by Crippen LogP contribution is 2.31. The number of nitrogens with one attached hydrogen (secondary N) is 1. The van der Waals surface area contributed by atoms with Crippen LogP contribution in [-0.2, 0) is 19.5 Å². The van der Waals surface area contributed by atoms with Gasteiger partial charge in [0, 0.05) is 24.0 Å². The smallest absolute Gasteiger partial charge is 0.293 e. The zero-order valence-corrected chi connectivity index (χ0v) is 17.9. The number of aryl methyl sites for hydroxylation is 1. The summed E-state index contributed by atoms with van der Waals surface area (Å²) in [5, 5.41) is 7.61. The molecule has 0 saturated carbocycles. The van der Waals surface area contributed by atoms with E-state index in [1.165, 1.54) is 24.0 Å². The van der Waals surface area contributed by atoms with Crippen LogP contribution in [0.2, 0.25) is 0 Å². The lowest BCUT2D eigenvalue weighted by Gasteiger charge is -2.19. The summed E-state index contributed by atoms with van der Waals surface area (Å²) >= 11 is 0. The maximum Gasteiger partial charge on any atom is 0.293 e. The van der Waals surface area contributed by atoms with Crippen LogP contribution in [-0.4, -0.2) is 39.7 Å². The molecule has 156 valence electrons. The van der Waals surface area contributed by atoms with Crippen molar-refractivity contribution in [3.8, 4) is 23.0 Å². The van der Waals surface area contributed by atoms with Crippen molar-refractivity contribution in [1.29, 1.82) is 0 Å². The first-order chi connectivity index (χ1) is 13.3. The fourth-order valence-corrected chi connectivity index (χ4v) is 4.03. The van der Waals surface area contributed by atoms with Crippen molar-refractivity contribution >= 4 is 24.8 Å². The monoisotopic (exact) mass is 437 g/mol. The Labute approximate surface area is 182 Å². The van der Waals surface area contributed by atoms with Crippen LogP contribution >= 0.6 is 24.8 Å². The fourth-order valence-electron chi connectivity index (χ4n) is 4.03. The van der Waals surface area contributed by atoms with Crippen molar-refractivity contribution in [2.45, 2.75) is 39.3 Å². The van der Waals surface area contributed by atoms with E-state index in [0.717, 1.165) is 56.2 Å². The fraction of sp³-hybridized carbons (Fsp3) is 0.450. The minimum absolute atomic E-state index is 0. The van der Waals surface area contributed by atoms with Crippen molar-refractivity contribution in [2.75, 3.05) is 19.6 Å². The lowest BCUT2D eigenvalue weighted by Crippen LogP contribution is -2.24. The third-order valence-corrected chi connectivity index (χ3v) is 5.43. The summed E-state index contributed by atoms with van der Waals surface area (Å²) in [6.07, 6.45) is 5.42. The van der Waals surface area contributed by atoms with Crippen LogP contribution in [0.15, 0.2) is 27.3 Å². The average Bonchev–Trinajstić information content (AvgIpc) is 3.43. The maximum atomic E-state index is 5.96. The zero-order chi connectivity index (χ0) is 18.2. The van der Waals surface area contributed by atoms with Crippen molar-refractivity contribution in [2.24, 2.45) is 0 Å². The molecule has 1 fully saturated rings. The topological polar surface area (TPSA) is 80.2 Å². The molecule has 0 amide bonds. The van der Waals surface area contributed by atoms with Gasteiger partial charge in [-0.2, -0.15) is 4.98 Å². The molecule has 0 unspecified atom stereocenters. The normalized spacial score (nSPS) is 16.2. The largest absolute Gasteiger partial charge is 0.455 e. The molecular formula is C20H25Cl2N5O2. The van der Waals surface area contributed by atoms with Gasteiger partial charge in [0.05, 0.1) is 6.54 Å². The van der Waals surface area contributed by atoms with E-state index in [4.69, 9.17) is 8.94 Å². The molecule has 2 aliphatic rings. The summed E-state index contributed by atoms with van der Waals surface area (Å²) < 4.78 is 11.5. The first kappa shape index (κ1) is 21.8. The highest BCUT2D eigenvalue weighted by atomic mass is 35.5. The number of hydrogen-bond acceptors (Lipinski definition) is 7. The molecule has 3 aromatic heterocycles. The number of pyridine rings is 1. The molecule has 9 heteroatoms. The van der Waals surface area contributed by atoms with Gasteiger partial charge in [-0.1, -0.05) is 5.16 Å². The number of furan rings is 1. The number of hydrogen-bond donors (Lipinski definition) is 1. The highest BCUT2D eigenvalue weighted by Gasteiger charge is 2.22. The molecule has 29 heavy (non-hydrogen) atoms. The van der Waals surface area contributed by atoms with Crippen LogP contribution in [0.3, 0.4) is 0 Å². The molecule has 0 aromatic carbocycles. The second kappa shape index (κ2) is 9.26. The van der Waals surface area contributed by atoms with Crippen molar-refractivity contribution < 1.29 is 8.94 Å². The van der Waals surface area contributed by atoms with E-state index in [2.05, 4.69) is 25.3 Å². The molecule has 0 radical (unpaired) electrons. The van der Waals surface area contributed by atoms with E-state index in [1.54, 1.807) is 0 Å². The maximum absolute atomic E-state index is 5.96. The molecule has 0 spiro atoms. The van der Waals surface area contributed by atoms with E-state index < -0.39 is 0 Å². The van der Waals surface area contributed by atoms with Crippen LogP contribution in [0.25, 0.3) is 23.0 Å². The Morgan fingerprint density at radius 2 is 2.00 bits per heavy atom. The first-order valence-corrected chi connectivity index (χ1v) is 9.61. The number of nitrogens with zero attached hydrogens (tertiary/aromatic N) is 4. The second-order valence-corrected chi connectivity index (χ2v) is 7.32. The SMILES string of the molecule is Cc1ncc2c(c1-c1noc(-c3ccc(CN4CCCC4)o3)n1)CCNC2.Cl.Cl. The number of aromatic nitrogens is 3. The molecule has 0 bridgehead atoms. The summed E-state index contributed by atoms with van der Waals surface area (Å²) in [5.74, 6) is 2.57. The van der Waals surface area contributed by atoms with Crippen LogP contribution < -0.4 is 5.32 Å². The van der Waals surface area contributed by atoms with Gasteiger partial charge in [-0.25, -0.2) is 0 Å². The Bertz CT molecular complexity index is 966. The Morgan fingerprint density at radius 1 is 1.17 bits per heavy atom. The van der Waals surface area contributed by atoms with Crippen LogP contribution in [0, 0.1) is 6.92 Å². The predicted molar refractivity (Wildman–Crippen MR) is 114 cm³/mol. The number of halogens is 2. The van der Waals surface area contributed by atoms with Gasteiger partial charge in [0.1, 0.15) is 5.76 Å². The van der Waals surface area contributed by atoms with Gasteiger partial charge in [0.2, 0.25) is 5.82 Å². The molecule has 1 N–H and O–H groups in total. The summed E-state index contributed by atoms with van der Waals surface area (Å²) in [4.78, 5) is 11.5. The number of rotatable bonds is 4. The van der Waals surface area contributed by atoms with Crippen molar-refractivity contribution in [1.82, 2.24) is 25.3 Å². The molecule has 3 aromatic rings. The third-order valence-electron chi connectivity index (χ3n) is 5.43. The van der Waals surface area contributed by atoms with Gasteiger partial charge in [0.15, 0.2) is 5.76 Å². The van der Waals surface area contributed by atoms with E-state index in [-0.39, 0.29) is 24.8 Å². The summed E-state index contributed by atoms with van der Waals surface area (Å²) in [6, 6.07) is 3.92.